The standard InChI is InChI=1S/C21H17FN4/c1-26(2)21-18-12-15(14-5-8-17(22)9-6-14)7-10-19(18)24-20(25-21)16-4-3-11-23-13-16/h3-13H,1-2H3. The van der Waals surface area contributed by atoms with Crippen LogP contribution in [0.5, 0.6) is 0 Å². The number of rotatable bonds is 3. The number of aromatic nitrogens is 3. The average Bonchev–Trinajstić information content (AvgIpc) is 2.68. The minimum atomic E-state index is -0.243. The van der Waals surface area contributed by atoms with Gasteiger partial charge in [0.2, 0.25) is 0 Å². The number of pyridine rings is 1. The number of benzene rings is 2. The predicted molar refractivity (Wildman–Crippen MR) is 102 cm³/mol. The van der Waals surface area contributed by atoms with Gasteiger partial charge in [-0.2, -0.15) is 0 Å². The first kappa shape index (κ1) is 16.1. The van der Waals surface area contributed by atoms with Crippen molar-refractivity contribution in [3.05, 3.63) is 72.8 Å². The molecule has 0 amide bonds. The molecule has 0 atom stereocenters. The van der Waals surface area contributed by atoms with E-state index in [-0.39, 0.29) is 5.82 Å². The molecule has 0 aliphatic rings. The highest BCUT2D eigenvalue weighted by atomic mass is 19.1. The number of hydrogen-bond acceptors (Lipinski definition) is 4. The smallest absolute Gasteiger partial charge is 0.163 e. The van der Waals surface area contributed by atoms with E-state index >= 15 is 0 Å². The second-order valence-corrected chi connectivity index (χ2v) is 6.25. The third-order valence-electron chi connectivity index (χ3n) is 4.20. The van der Waals surface area contributed by atoms with Gasteiger partial charge in [-0.1, -0.05) is 18.2 Å². The molecule has 0 fully saturated rings. The van der Waals surface area contributed by atoms with Crippen LogP contribution in [0.1, 0.15) is 0 Å². The van der Waals surface area contributed by atoms with Gasteiger partial charge in [0, 0.05) is 37.4 Å². The SMILES string of the molecule is CN(C)c1nc(-c2cccnc2)nc2ccc(-c3ccc(F)cc3)cc12. The summed E-state index contributed by atoms with van der Waals surface area (Å²) in [5.74, 6) is 1.23. The summed E-state index contributed by atoms with van der Waals surface area (Å²) in [6.45, 7) is 0. The molecule has 4 nitrogen and oxygen atoms in total. The van der Waals surface area contributed by atoms with E-state index < -0.39 is 0 Å². The number of nitrogens with zero attached hydrogens (tertiary/aromatic N) is 4. The lowest BCUT2D eigenvalue weighted by molar-refractivity contribution is 0.628. The van der Waals surface area contributed by atoms with Crippen molar-refractivity contribution >= 4 is 16.7 Å². The Hall–Kier alpha value is -3.34. The van der Waals surface area contributed by atoms with Crippen molar-refractivity contribution in [3.8, 4) is 22.5 Å². The minimum absolute atomic E-state index is 0.243. The van der Waals surface area contributed by atoms with Gasteiger partial charge in [-0.15, -0.1) is 0 Å². The molecule has 0 radical (unpaired) electrons. The summed E-state index contributed by atoms with van der Waals surface area (Å²) < 4.78 is 13.2. The van der Waals surface area contributed by atoms with Crippen molar-refractivity contribution in [2.45, 2.75) is 0 Å². The molecule has 2 aromatic heterocycles. The Balaban J connectivity index is 1.90. The molecule has 2 aromatic carbocycles. The number of hydrogen-bond donors (Lipinski definition) is 0. The van der Waals surface area contributed by atoms with Crippen LogP contribution in [0.3, 0.4) is 0 Å². The van der Waals surface area contributed by atoms with E-state index in [4.69, 9.17) is 9.97 Å². The number of anilines is 1. The normalized spacial score (nSPS) is 10.9. The molecule has 0 aliphatic heterocycles. The van der Waals surface area contributed by atoms with Crippen LogP contribution in [-0.2, 0) is 0 Å². The molecule has 0 N–H and O–H groups in total. The van der Waals surface area contributed by atoms with Gasteiger partial charge in [0.25, 0.3) is 0 Å². The maximum absolute atomic E-state index is 13.2. The topological polar surface area (TPSA) is 41.9 Å². The van der Waals surface area contributed by atoms with Crippen molar-refractivity contribution in [2.75, 3.05) is 19.0 Å². The molecule has 0 saturated carbocycles. The summed E-state index contributed by atoms with van der Waals surface area (Å²) in [5, 5.41) is 0.949. The molecule has 26 heavy (non-hydrogen) atoms. The van der Waals surface area contributed by atoms with Gasteiger partial charge in [-0.25, -0.2) is 14.4 Å². The lowest BCUT2D eigenvalue weighted by Gasteiger charge is -2.16. The maximum atomic E-state index is 13.2. The Labute approximate surface area is 151 Å². The summed E-state index contributed by atoms with van der Waals surface area (Å²) in [5.41, 5.74) is 3.68. The van der Waals surface area contributed by atoms with Crippen LogP contribution in [0, 0.1) is 5.82 Å². The molecule has 4 aromatic rings. The van der Waals surface area contributed by atoms with Crippen molar-refractivity contribution in [2.24, 2.45) is 0 Å². The van der Waals surface area contributed by atoms with Gasteiger partial charge in [-0.05, 0) is 47.5 Å². The van der Waals surface area contributed by atoms with Gasteiger partial charge in [-0.3, -0.25) is 4.98 Å². The van der Waals surface area contributed by atoms with Crippen LogP contribution in [0.25, 0.3) is 33.4 Å². The maximum Gasteiger partial charge on any atom is 0.163 e. The fourth-order valence-corrected chi connectivity index (χ4v) is 2.90. The van der Waals surface area contributed by atoms with Crippen LogP contribution in [0.4, 0.5) is 10.2 Å². The molecule has 0 bridgehead atoms. The van der Waals surface area contributed by atoms with E-state index in [1.807, 2.05) is 49.3 Å². The molecule has 4 rings (SSSR count). The largest absolute Gasteiger partial charge is 0.362 e. The summed E-state index contributed by atoms with van der Waals surface area (Å²) in [7, 11) is 3.92. The van der Waals surface area contributed by atoms with Crippen LogP contribution < -0.4 is 4.90 Å². The predicted octanol–water partition coefficient (Wildman–Crippen LogP) is 4.56. The molecule has 0 aliphatic carbocycles. The van der Waals surface area contributed by atoms with Crippen LogP contribution in [-0.4, -0.2) is 29.0 Å². The first-order chi connectivity index (χ1) is 12.6. The van der Waals surface area contributed by atoms with E-state index in [0.29, 0.717) is 5.82 Å². The Morgan fingerprint density at radius 1 is 0.846 bits per heavy atom. The van der Waals surface area contributed by atoms with Crippen molar-refractivity contribution in [3.63, 3.8) is 0 Å². The highest BCUT2D eigenvalue weighted by Crippen LogP contribution is 2.30. The third kappa shape index (κ3) is 2.99. The van der Waals surface area contributed by atoms with E-state index in [1.165, 1.54) is 12.1 Å². The zero-order valence-electron chi connectivity index (χ0n) is 14.5. The highest BCUT2D eigenvalue weighted by Gasteiger charge is 2.12. The van der Waals surface area contributed by atoms with Gasteiger partial charge in [0.05, 0.1) is 5.52 Å². The average molecular weight is 344 g/mol. The second kappa shape index (κ2) is 6.52. The molecule has 0 unspecified atom stereocenters. The quantitative estimate of drug-likeness (QED) is 0.546. The zero-order valence-corrected chi connectivity index (χ0v) is 14.5. The van der Waals surface area contributed by atoms with E-state index in [9.17, 15) is 4.39 Å². The lowest BCUT2D eigenvalue weighted by atomic mass is 10.0. The van der Waals surface area contributed by atoms with E-state index in [1.54, 1.807) is 24.5 Å². The van der Waals surface area contributed by atoms with Crippen molar-refractivity contribution in [1.82, 2.24) is 15.0 Å². The fraction of sp³-hybridized carbons (Fsp3) is 0.0952. The molecule has 5 heteroatoms. The van der Waals surface area contributed by atoms with Gasteiger partial charge in [0.1, 0.15) is 11.6 Å². The monoisotopic (exact) mass is 344 g/mol. The van der Waals surface area contributed by atoms with Crippen LogP contribution in [0.15, 0.2) is 67.0 Å². The molecule has 128 valence electrons. The third-order valence-corrected chi connectivity index (χ3v) is 4.20. The van der Waals surface area contributed by atoms with E-state index in [0.717, 1.165) is 33.4 Å². The minimum Gasteiger partial charge on any atom is -0.362 e. The Kier molecular flexibility index (Phi) is 4.05. The molecular formula is C21H17FN4. The number of fused-ring (bicyclic) bond motifs is 1. The second-order valence-electron chi connectivity index (χ2n) is 6.25. The highest BCUT2D eigenvalue weighted by molar-refractivity contribution is 5.94. The first-order valence-electron chi connectivity index (χ1n) is 8.27. The molecule has 0 spiro atoms. The van der Waals surface area contributed by atoms with Gasteiger partial charge < -0.3 is 4.90 Å². The van der Waals surface area contributed by atoms with Crippen molar-refractivity contribution < 1.29 is 4.39 Å². The van der Waals surface area contributed by atoms with E-state index in [2.05, 4.69) is 4.98 Å². The van der Waals surface area contributed by atoms with Crippen LogP contribution >= 0.6 is 0 Å². The number of halogens is 1. The summed E-state index contributed by atoms with van der Waals surface area (Å²) in [6.07, 6.45) is 3.49. The summed E-state index contributed by atoms with van der Waals surface area (Å²) in [6, 6.07) is 16.3. The Morgan fingerprint density at radius 3 is 2.31 bits per heavy atom. The van der Waals surface area contributed by atoms with Gasteiger partial charge >= 0.3 is 0 Å². The fourth-order valence-electron chi connectivity index (χ4n) is 2.90. The Bertz CT molecular complexity index is 1060. The molecular weight excluding hydrogens is 327 g/mol. The molecule has 0 saturated heterocycles. The summed E-state index contributed by atoms with van der Waals surface area (Å²) >= 11 is 0. The Morgan fingerprint density at radius 2 is 1.62 bits per heavy atom. The molecule has 2 heterocycles. The zero-order chi connectivity index (χ0) is 18.1. The van der Waals surface area contributed by atoms with Crippen LogP contribution in [0.2, 0.25) is 0 Å². The van der Waals surface area contributed by atoms with Crippen molar-refractivity contribution in [1.29, 1.82) is 0 Å². The summed E-state index contributed by atoms with van der Waals surface area (Å²) in [4.78, 5) is 15.6. The van der Waals surface area contributed by atoms with Gasteiger partial charge in [0.15, 0.2) is 5.82 Å². The lowest BCUT2D eigenvalue weighted by Crippen LogP contribution is -2.12. The first-order valence-corrected chi connectivity index (χ1v) is 8.27.